The highest BCUT2D eigenvalue weighted by molar-refractivity contribution is 5.33. The molecule has 0 saturated carbocycles. The van der Waals surface area contributed by atoms with Crippen molar-refractivity contribution in [1.29, 1.82) is 0 Å². The maximum absolute atomic E-state index is 6.35. The Bertz CT molecular complexity index is 583. The van der Waals surface area contributed by atoms with Gasteiger partial charge in [0, 0.05) is 24.7 Å². The summed E-state index contributed by atoms with van der Waals surface area (Å²) in [6, 6.07) is 16.4. The predicted molar refractivity (Wildman–Crippen MR) is 87.4 cm³/mol. The number of benzene rings is 2. The van der Waals surface area contributed by atoms with Crippen molar-refractivity contribution in [3.8, 4) is 5.75 Å². The maximum Gasteiger partial charge on any atom is 0.123 e. The standard InChI is InChI=1S/C18H24N2O/c1-14-8-4-6-10-16(14)17(19)13-20(2)12-15-9-5-7-11-18(15)21-3/h4-11,17H,12-13,19H2,1-3H3. The highest BCUT2D eigenvalue weighted by Gasteiger charge is 2.12. The maximum atomic E-state index is 6.35. The number of nitrogens with zero attached hydrogens (tertiary/aromatic N) is 1. The molecule has 0 bridgehead atoms. The molecule has 0 aliphatic carbocycles. The highest BCUT2D eigenvalue weighted by Crippen LogP contribution is 2.21. The van der Waals surface area contributed by atoms with E-state index in [1.807, 2.05) is 30.3 Å². The van der Waals surface area contributed by atoms with Gasteiger partial charge in [0.15, 0.2) is 0 Å². The van der Waals surface area contributed by atoms with Crippen LogP contribution in [0.3, 0.4) is 0 Å². The molecule has 3 nitrogen and oxygen atoms in total. The Morgan fingerprint density at radius 1 is 1.10 bits per heavy atom. The van der Waals surface area contributed by atoms with Gasteiger partial charge in [0.05, 0.1) is 7.11 Å². The van der Waals surface area contributed by atoms with Gasteiger partial charge in [-0.3, -0.25) is 0 Å². The zero-order valence-corrected chi connectivity index (χ0v) is 13.0. The van der Waals surface area contributed by atoms with E-state index in [4.69, 9.17) is 10.5 Å². The fourth-order valence-corrected chi connectivity index (χ4v) is 2.63. The first-order chi connectivity index (χ1) is 10.1. The van der Waals surface area contributed by atoms with Gasteiger partial charge in [-0.05, 0) is 31.2 Å². The summed E-state index contributed by atoms with van der Waals surface area (Å²) in [5.74, 6) is 0.925. The molecule has 0 aliphatic rings. The van der Waals surface area contributed by atoms with Crippen LogP contribution in [0.15, 0.2) is 48.5 Å². The van der Waals surface area contributed by atoms with Crippen LogP contribution in [-0.2, 0) is 6.54 Å². The molecule has 0 aliphatic heterocycles. The Kier molecular flexibility index (Phi) is 5.37. The summed E-state index contributed by atoms with van der Waals surface area (Å²) in [5, 5.41) is 0. The van der Waals surface area contributed by atoms with Crippen molar-refractivity contribution >= 4 is 0 Å². The molecule has 21 heavy (non-hydrogen) atoms. The average molecular weight is 284 g/mol. The van der Waals surface area contributed by atoms with Gasteiger partial charge in [-0.1, -0.05) is 42.5 Å². The number of methoxy groups -OCH3 is 1. The number of para-hydroxylation sites is 1. The van der Waals surface area contributed by atoms with E-state index >= 15 is 0 Å². The van der Waals surface area contributed by atoms with E-state index in [1.165, 1.54) is 16.7 Å². The number of hydrogen-bond donors (Lipinski definition) is 1. The Morgan fingerprint density at radius 2 is 1.76 bits per heavy atom. The second-order valence-corrected chi connectivity index (χ2v) is 5.47. The molecule has 2 N–H and O–H groups in total. The molecule has 0 amide bonds. The first-order valence-electron chi connectivity index (χ1n) is 7.23. The van der Waals surface area contributed by atoms with E-state index in [0.29, 0.717) is 0 Å². The molecule has 2 rings (SSSR count). The third-order valence-electron chi connectivity index (χ3n) is 3.73. The molecule has 0 saturated heterocycles. The minimum Gasteiger partial charge on any atom is -0.496 e. The third-order valence-corrected chi connectivity index (χ3v) is 3.73. The largest absolute Gasteiger partial charge is 0.496 e. The first-order valence-corrected chi connectivity index (χ1v) is 7.23. The third kappa shape index (κ3) is 4.06. The van der Waals surface area contributed by atoms with Crippen molar-refractivity contribution in [2.75, 3.05) is 20.7 Å². The Hall–Kier alpha value is -1.84. The Morgan fingerprint density at radius 3 is 2.48 bits per heavy atom. The van der Waals surface area contributed by atoms with E-state index in [9.17, 15) is 0 Å². The molecule has 112 valence electrons. The summed E-state index contributed by atoms with van der Waals surface area (Å²) in [5.41, 5.74) is 9.99. The molecular formula is C18H24N2O. The van der Waals surface area contributed by atoms with Gasteiger partial charge < -0.3 is 15.4 Å². The van der Waals surface area contributed by atoms with Crippen LogP contribution in [0.1, 0.15) is 22.7 Å². The van der Waals surface area contributed by atoms with E-state index in [1.54, 1.807) is 7.11 Å². The van der Waals surface area contributed by atoms with E-state index < -0.39 is 0 Å². The van der Waals surface area contributed by atoms with Crippen LogP contribution < -0.4 is 10.5 Å². The molecule has 0 fully saturated rings. The average Bonchev–Trinajstić information content (AvgIpc) is 2.48. The van der Waals surface area contributed by atoms with Gasteiger partial charge in [0.1, 0.15) is 5.75 Å². The Balaban J connectivity index is 2.01. The summed E-state index contributed by atoms with van der Waals surface area (Å²) < 4.78 is 5.40. The number of likely N-dealkylation sites (N-methyl/N-ethyl adjacent to an activating group) is 1. The van der Waals surface area contributed by atoms with Crippen LogP contribution in [0.25, 0.3) is 0 Å². The Labute approximate surface area is 127 Å². The van der Waals surface area contributed by atoms with Crippen molar-refractivity contribution in [3.63, 3.8) is 0 Å². The SMILES string of the molecule is COc1ccccc1CN(C)CC(N)c1ccccc1C. The van der Waals surface area contributed by atoms with Crippen LogP contribution in [-0.4, -0.2) is 25.6 Å². The summed E-state index contributed by atoms with van der Waals surface area (Å²) >= 11 is 0. The zero-order valence-electron chi connectivity index (χ0n) is 13.0. The fourth-order valence-electron chi connectivity index (χ4n) is 2.63. The van der Waals surface area contributed by atoms with Crippen molar-refractivity contribution in [3.05, 3.63) is 65.2 Å². The second kappa shape index (κ2) is 7.25. The zero-order chi connectivity index (χ0) is 15.2. The quantitative estimate of drug-likeness (QED) is 0.885. The van der Waals surface area contributed by atoms with Gasteiger partial charge in [-0.15, -0.1) is 0 Å². The summed E-state index contributed by atoms with van der Waals surface area (Å²) in [6.07, 6.45) is 0. The van der Waals surface area contributed by atoms with Crippen LogP contribution in [0, 0.1) is 6.92 Å². The lowest BCUT2D eigenvalue weighted by atomic mass is 10.0. The molecule has 1 unspecified atom stereocenters. The van der Waals surface area contributed by atoms with Crippen molar-refractivity contribution < 1.29 is 4.74 Å². The van der Waals surface area contributed by atoms with Crippen molar-refractivity contribution in [1.82, 2.24) is 4.90 Å². The first kappa shape index (κ1) is 15.5. The number of ether oxygens (including phenoxy) is 1. The van der Waals surface area contributed by atoms with Gasteiger partial charge >= 0.3 is 0 Å². The van der Waals surface area contributed by atoms with Crippen LogP contribution in [0.4, 0.5) is 0 Å². The number of rotatable bonds is 6. The molecule has 0 spiro atoms. The molecule has 0 radical (unpaired) electrons. The molecule has 2 aromatic rings. The second-order valence-electron chi connectivity index (χ2n) is 5.47. The summed E-state index contributed by atoms with van der Waals surface area (Å²) in [6.45, 7) is 3.74. The van der Waals surface area contributed by atoms with Gasteiger partial charge in [0.25, 0.3) is 0 Å². The minimum absolute atomic E-state index is 0.0194. The number of hydrogen-bond acceptors (Lipinski definition) is 3. The molecule has 0 heterocycles. The lowest BCUT2D eigenvalue weighted by Crippen LogP contribution is -2.29. The molecule has 2 aromatic carbocycles. The molecule has 3 heteroatoms. The van der Waals surface area contributed by atoms with Crippen LogP contribution >= 0.6 is 0 Å². The minimum atomic E-state index is 0.0194. The predicted octanol–water partition coefficient (Wildman–Crippen LogP) is 3.14. The summed E-state index contributed by atoms with van der Waals surface area (Å²) in [7, 11) is 3.79. The lowest BCUT2D eigenvalue weighted by Gasteiger charge is -2.23. The number of aryl methyl sites for hydroxylation is 1. The van der Waals surface area contributed by atoms with Gasteiger partial charge in [-0.25, -0.2) is 0 Å². The highest BCUT2D eigenvalue weighted by atomic mass is 16.5. The molecular weight excluding hydrogens is 260 g/mol. The van der Waals surface area contributed by atoms with E-state index in [-0.39, 0.29) is 6.04 Å². The van der Waals surface area contributed by atoms with Crippen molar-refractivity contribution in [2.24, 2.45) is 5.73 Å². The fraction of sp³-hybridized carbons (Fsp3) is 0.333. The lowest BCUT2D eigenvalue weighted by molar-refractivity contribution is 0.298. The van der Waals surface area contributed by atoms with Crippen molar-refractivity contribution in [2.45, 2.75) is 19.5 Å². The molecule has 0 aromatic heterocycles. The summed E-state index contributed by atoms with van der Waals surface area (Å²) in [4.78, 5) is 2.23. The monoisotopic (exact) mass is 284 g/mol. The van der Waals surface area contributed by atoms with Gasteiger partial charge in [0.2, 0.25) is 0 Å². The van der Waals surface area contributed by atoms with Crippen LogP contribution in [0.2, 0.25) is 0 Å². The van der Waals surface area contributed by atoms with Crippen LogP contribution in [0.5, 0.6) is 5.75 Å². The smallest absolute Gasteiger partial charge is 0.123 e. The van der Waals surface area contributed by atoms with E-state index in [2.05, 4.69) is 37.1 Å². The number of nitrogens with two attached hydrogens (primary N) is 1. The van der Waals surface area contributed by atoms with Gasteiger partial charge in [-0.2, -0.15) is 0 Å². The topological polar surface area (TPSA) is 38.5 Å². The van der Waals surface area contributed by atoms with E-state index in [0.717, 1.165) is 18.8 Å². The normalized spacial score (nSPS) is 12.4. The molecule has 1 atom stereocenters.